The van der Waals surface area contributed by atoms with Gasteiger partial charge in [0.2, 0.25) is 11.7 Å². The Morgan fingerprint density at radius 2 is 2.29 bits per heavy atom. The summed E-state index contributed by atoms with van der Waals surface area (Å²) >= 11 is 1.49. The van der Waals surface area contributed by atoms with Crippen LogP contribution in [0.5, 0.6) is 0 Å². The molecule has 3 N–H and O–H groups in total. The molecule has 112 valence electrons. The normalized spacial score (nSPS) is 13.6. The predicted molar refractivity (Wildman–Crippen MR) is 72.4 cm³/mol. The van der Waals surface area contributed by atoms with Crippen LogP contribution in [0.3, 0.4) is 0 Å². The summed E-state index contributed by atoms with van der Waals surface area (Å²) in [6.07, 6.45) is 0. The SMILES string of the molecule is CC(O)(CNC(=O)Cn1nnc(-c2ccsc2)n1)C(=O)O. The van der Waals surface area contributed by atoms with E-state index in [2.05, 4.69) is 20.7 Å². The summed E-state index contributed by atoms with van der Waals surface area (Å²) in [5.74, 6) is -1.53. The van der Waals surface area contributed by atoms with Crippen molar-refractivity contribution >= 4 is 23.2 Å². The Kier molecular flexibility index (Phi) is 4.29. The van der Waals surface area contributed by atoms with Gasteiger partial charge in [-0.15, -0.1) is 10.2 Å². The smallest absolute Gasteiger partial charge is 0.337 e. The zero-order valence-corrected chi connectivity index (χ0v) is 11.9. The van der Waals surface area contributed by atoms with Gasteiger partial charge in [-0.05, 0) is 23.6 Å². The van der Waals surface area contributed by atoms with Gasteiger partial charge in [-0.3, -0.25) is 4.79 Å². The van der Waals surface area contributed by atoms with Gasteiger partial charge < -0.3 is 15.5 Å². The van der Waals surface area contributed by atoms with Gasteiger partial charge in [-0.25, -0.2) is 4.79 Å². The summed E-state index contributed by atoms with van der Waals surface area (Å²) < 4.78 is 0. The number of carbonyl (C=O) groups is 2. The fourth-order valence-corrected chi connectivity index (χ4v) is 1.98. The monoisotopic (exact) mass is 311 g/mol. The van der Waals surface area contributed by atoms with Gasteiger partial charge >= 0.3 is 5.97 Å². The molecule has 0 bridgehead atoms. The highest BCUT2D eigenvalue weighted by atomic mass is 32.1. The van der Waals surface area contributed by atoms with Crippen molar-refractivity contribution in [3.8, 4) is 11.4 Å². The maximum absolute atomic E-state index is 11.6. The van der Waals surface area contributed by atoms with Crippen LogP contribution in [0.1, 0.15) is 6.92 Å². The van der Waals surface area contributed by atoms with Gasteiger partial charge in [0, 0.05) is 10.9 Å². The van der Waals surface area contributed by atoms with E-state index in [1.165, 1.54) is 11.3 Å². The van der Waals surface area contributed by atoms with Crippen LogP contribution < -0.4 is 5.32 Å². The number of hydrogen-bond acceptors (Lipinski definition) is 7. The molecule has 1 unspecified atom stereocenters. The van der Waals surface area contributed by atoms with Crippen LogP contribution in [0.2, 0.25) is 0 Å². The van der Waals surface area contributed by atoms with Crippen molar-refractivity contribution in [3.63, 3.8) is 0 Å². The molecular weight excluding hydrogens is 298 g/mol. The molecule has 2 heterocycles. The van der Waals surface area contributed by atoms with Crippen molar-refractivity contribution in [2.75, 3.05) is 6.54 Å². The van der Waals surface area contributed by atoms with E-state index >= 15 is 0 Å². The topological polar surface area (TPSA) is 130 Å². The van der Waals surface area contributed by atoms with Crippen LogP contribution >= 0.6 is 11.3 Å². The van der Waals surface area contributed by atoms with E-state index < -0.39 is 24.0 Å². The standard InChI is InChI=1S/C11H13N5O4S/c1-11(20,10(18)19)6-12-8(17)4-16-14-9(13-15-16)7-2-3-21-5-7/h2-3,5,20H,4,6H2,1H3,(H,12,17)(H,18,19). The first kappa shape index (κ1) is 15.1. The van der Waals surface area contributed by atoms with Gasteiger partial charge in [0.15, 0.2) is 5.60 Å². The molecule has 0 saturated heterocycles. The average Bonchev–Trinajstić information content (AvgIpc) is 3.06. The van der Waals surface area contributed by atoms with Crippen LogP contribution in [0, 0.1) is 0 Å². The third-order valence-corrected chi connectivity index (χ3v) is 3.29. The number of tetrazole rings is 1. The molecule has 0 aliphatic rings. The Labute approximate surface area is 123 Å². The first-order chi connectivity index (χ1) is 9.88. The van der Waals surface area contributed by atoms with Crippen LogP contribution in [-0.2, 0) is 16.1 Å². The van der Waals surface area contributed by atoms with Crippen LogP contribution in [0.25, 0.3) is 11.4 Å². The van der Waals surface area contributed by atoms with Crippen molar-refractivity contribution in [3.05, 3.63) is 16.8 Å². The number of carboxylic acids is 1. The average molecular weight is 311 g/mol. The number of nitrogens with zero attached hydrogens (tertiary/aromatic N) is 4. The van der Waals surface area contributed by atoms with Crippen molar-refractivity contribution in [2.45, 2.75) is 19.1 Å². The third kappa shape index (κ3) is 3.83. The van der Waals surface area contributed by atoms with E-state index in [1.54, 1.807) is 0 Å². The first-order valence-corrected chi connectivity index (χ1v) is 6.85. The summed E-state index contributed by atoms with van der Waals surface area (Å²) in [4.78, 5) is 23.4. The van der Waals surface area contributed by atoms with Crippen molar-refractivity contribution in [1.82, 2.24) is 25.5 Å². The molecule has 0 aliphatic heterocycles. The van der Waals surface area contributed by atoms with Gasteiger partial charge in [0.1, 0.15) is 6.54 Å². The molecule has 1 atom stereocenters. The number of rotatable bonds is 6. The highest BCUT2D eigenvalue weighted by Gasteiger charge is 2.30. The minimum absolute atomic E-state index is 0.215. The molecule has 21 heavy (non-hydrogen) atoms. The molecule has 0 aliphatic carbocycles. The number of hydrogen-bond donors (Lipinski definition) is 3. The number of carboxylic acid groups (broad SMARTS) is 1. The Morgan fingerprint density at radius 1 is 1.52 bits per heavy atom. The zero-order chi connectivity index (χ0) is 15.5. The molecule has 10 heteroatoms. The van der Waals surface area contributed by atoms with E-state index in [-0.39, 0.29) is 6.54 Å². The summed E-state index contributed by atoms with van der Waals surface area (Å²) in [5.41, 5.74) is -1.21. The predicted octanol–water partition coefficient (Wildman–Crippen LogP) is -0.647. The third-order valence-electron chi connectivity index (χ3n) is 2.61. The van der Waals surface area contributed by atoms with E-state index in [0.29, 0.717) is 5.82 Å². The molecular formula is C11H13N5O4S. The lowest BCUT2D eigenvalue weighted by Gasteiger charge is -2.17. The van der Waals surface area contributed by atoms with Gasteiger partial charge in [-0.1, -0.05) is 0 Å². The van der Waals surface area contributed by atoms with E-state index in [1.807, 2.05) is 16.8 Å². The van der Waals surface area contributed by atoms with Crippen molar-refractivity contribution in [1.29, 1.82) is 0 Å². The quantitative estimate of drug-likeness (QED) is 0.646. The summed E-state index contributed by atoms with van der Waals surface area (Å²) in [7, 11) is 0. The Bertz CT molecular complexity index is 637. The van der Waals surface area contributed by atoms with Crippen LogP contribution in [0.4, 0.5) is 0 Å². The summed E-state index contributed by atoms with van der Waals surface area (Å²) in [5, 5.41) is 35.8. The molecule has 9 nitrogen and oxygen atoms in total. The highest BCUT2D eigenvalue weighted by Crippen LogP contribution is 2.16. The number of nitrogens with one attached hydrogen (secondary N) is 1. The molecule has 1 amide bonds. The van der Waals surface area contributed by atoms with Gasteiger partial charge in [0.25, 0.3) is 0 Å². The van der Waals surface area contributed by atoms with Crippen molar-refractivity contribution < 1.29 is 19.8 Å². The fourth-order valence-electron chi connectivity index (χ4n) is 1.35. The zero-order valence-electron chi connectivity index (χ0n) is 11.1. The number of amides is 1. The summed E-state index contributed by atoms with van der Waals surface area (Å²) in [6, 6.07) is 1.83. The van der Waals surface area contributed by atoms with Gasteiger partial charge in [0.05, 0.1) is 6.54 Å². The number of aromatic nitrogens is 4. The second-order valence-electron chi connectivity index (χ2n) is 4.51. The van der Waals surface area contributed by atoms with Crippen molar-refractivity contribution in [2.24, 2.45) is 0 Å². The maximum Gasteiger partial charge on any atom is 0.337 e. The second kappa shape index (κ2) is 5.97. The Morgan fingerprint density at radius 3 is 2.90 bits per heavy atom. The minimum atomic E-state index is -2.02. The lowest BCUT2D eigenvalue weighted by molar-refractivity contribution is -0.156. The van der Waals surface area contributed by atoms with E-state index in [4.69, 9.17) is 5.11 Å². The Balaban J connectivity index is 1.90. The number of aliphatic carboxylic acids is 1. The first-order valence-electron chi connectivity index (χ1n) is 5.91. The minimum Gasteiger partial charge on any atom is -0.479 e. The lowest BCUT2D eigenvalue weighted by atomic mass is 10.1. The van der Waals surface area contributed by atoms with E-state index in [0.717, 1.165) is 17.3 Å². The molecule has 0 aromatic carbocycles. The van der Waals surface area contributed by atoms with Crippen LogP contribution in [0.15, 0.2) is 16.8 Å². The lowest BCUT2D eigenvalue weighted by Crippen LogP contribution is -2.47. The molecule has 0 radical (unpaired) electrons. The van der Waals surface area contributed by atoms with E-state index in [9.17, 15) is 14.7 Å². The molecule has 0 saturated carbocycles. The maximum atomic E-state index is 11.6. The molecule has 0 fully saturated rings. The molecule has 0 spiro atoms. The number of aliphatic hydroxyl groups is 1. The number of thiophene rings is 1. The van der Waals surface area contributed by atoms with Gasteiger partial charge in [-0.2, -0.15) is 16.1 Å². The molecule has 2 aromatic heterocycles. The molecule has 2 aromatic rings. The largest absolute Gasteiger partial charge is 0.479 e. The van der Waals surface area contributed by atoms with Crippen LogP contribution in [-0.4, -0.2) is 54.4 Å². The number of carbonyl (C=O) groups excluding carboxylic acids is 1. The second-order valence-corrected chi connectivity index (χ2v) is 5.29. The Hall–Kier alpha value is -2.33. The molecule has 2 rings (SSSR count). The fraction of sp³-hybridized carbons (Fsp3) is 0.364. The summed E-state index contributed by atoms with van der Waals surface area (Å²) in [6.45, 7) is 0.470. The highest BCUT2D eigenvalue weighted by molar-refractivity contribution is 7.08.